The summed E-state index contributed by atoms with van der Waals surface area (Å²) in [6, 6.07) is 0.558. The summed E-state index contributed by atoms with van der Waals surface area (Å²) in [6.45, 7) is 3.24. The number of nitrogens with one attached hydrogen (secondary N) is 2. The van der Waals surface area contributed by atoms with Gasteiger partial charge < -0.3 is 10.6 Å². The molecule has 0 aromatic rings. The summed E-state index contributed by atoms with van der Waals surface area (Å²) in [5.74, 6) is 2.69. The number of carbonyl (C=O) groups is 1. The van der Waals surface area contributed by atoms with Crippen LogP contribution in [0.2, 0.25) is 0 Å². The smallest absolute Gasteiger partial charge is 0.237 e. The van der Waals surface area contributed by atoms with E-state index in [0.717, 1.165) is 30.7 Å². The van der Waals surface area contributed by atoms with Gasteiger partial charge in [0.05, 0.1) is 6.04 Å². The Bertz CT molecular complexity index is 318. The van der Waals surface area contributed by atoms with Gasteiger partial charge in [-0.1, -0.05) is 19.8 Å². The highest BCUT2D eigenvalue weighted by molar-refractivity contribution is 5.82. The first-order valence-corrected chi connectivity index (χ1v) is 7.80. The molecule has 1 saturated heterocycles. The minimum Gasteiger partial charge on any atom is -0.352 e. The van der Waals surface area contributed by atoms with E-state index in [4.69, 9.17) is 0 Å². The van der Waals surface area contributed by atoms with Gasteiger partial charge in [-0.15, -0.1) is 0 Å². The number of carbonyl (C=O) groups excluding carboxylic acids is 1. The highest BCUT2D eigenvalue weighted by Crippen LogP contribution is 2.44. The third kappa shape index (κ3) is 2.42. The van der Waals surface area contributed by atoms with Crippen molar-refractivity contribution in [3.63, 3.8) is 0 Å². The Morgan fingerprint density at radius 3 is 2.78 bits per heavy atom. The van der Waals surface area contributed by atoms with Gasteiger partial charge in [0.15, 0.2) is 0 Å². The zero-order valence-corrected chi connectivity index (χ0v) is 11.5. The van der Waals surface area contributed by atoms with Crippen LogP contribution >= 0.6 is 0 Å². The summed E-state index contributed by atoms with van der Waals surface area (Å²) >= 11 is 0. The molecule has 0 spiro atoms. The minimum atomic E-state index is 0.0721. The summed E-state index contributed by atoms with van der Waals surface area (Å²) in [5.41, 5.74) is 0. The normalized spacial score (nSPS) is 43.1. The van der Waals surface area contributed by atoms with E-state index in [0.29, 0.717) is 6.04 Å². The first-order chi connectivity index (χ1) is 8.76. The predicted molar refractivity (Wildman–Crippen MR) is 72.2 cm³/mol. The molecule has 3 rings (SSSR count). The summed E-state index contributed by atoms with van der Waals surface area (Å²) in [5, 5.41) is 6.71. The monoisotopic (exact) mass is 250 g/mol. The lowest BCUT2D eigenvalue weighted by atomic mass is 9.89. The third-order valence-corrected chi connectivity index (χ3v) is 5.47. The van der Waals surface area contributed by atoms with Crippen molar-refractivity contribution in [1.82, 2.24) is 10.6 Å². The van der Waals surface area contributed by atoms with E-state index in [1.165, 1.54) is 38.5 Å². The molecule has 1 aliphatic heterocycles. The molecule has 3 fully saturated rings. The second-order valence-corrected chi connectivity index (χ2v) is 6.60. The zero-order chi connectivity index (χ0) is 12.5. The fraction of sp³-hybridized carbons (Fsp3) is 0.933. The van der Waals surface area contributed by atoms with E-state index in [9.17, 15) is 4.79 Å². The van der Waals surface area contributed by atoms with Crippen molar-refractivity contribution in [1.29, 1.82) is 0 Å². The average Bonchev–Trinajstić information content (AvgIpc) is 3.01. The topological polar surface area (TPSA) is 41.1 Å². The van der Waals surface area contributed by atoms with Gasteiger partial charge in [0.2, 0.25) is 5.91 Å². The molecule has 18 heavy (non-hydrogen) atoms. The predicted octanol–water partition coefficient (Wildman–Crippen LogP) is 2.07. The van der Waals surface area contributed by atoms with Crippen molar-refractivity contribution in [3.8, 4) is 0 Å². The lowest BCUT2D eigenvalue weighted by Gasteiger charge is -2.31. The number of piperidine rings is 1. The van der Waals surface area contributed by atoms with Crippen LogP contribution in [0.4, 0.5) is 0 Å². The molecule has 3 heteroatoms. The van der Waals surface area contributed by atoms with Crippen LogP contribution in [0.1, 0.15) is 51.9 Å². The van der Waals surface area contributed by atoms with E-state index in [2.05, 4.69) is 17.6 Å². The summed E-state index contributed by atoms with van der Waals surface area (Å²) in [7, 11) is 0. The molecule has 2 N–H and O–H groups in total. The van der Waals surface area contributed by atoms with Crippen LogP contribution in [0.3, 0.4) is 0 Å². The standard InChI is InChI=1S/C15H26N2O/c1-2-10-5-6-16-14(8-10)15(18)17-13-9-11-3-4-12(13)7-11/h10-14,16H,2-9H2,1H3,(H,17,18). The van der Waals surface area contributed by atoms with Gasteiger partial charge in [0.25, 0.3) is 0 Å². The van der Waals surface area contributed by atoms with Gasteiger partial charge in [-0.2, -0.15) is 0 Å². The van der Waals surface area contributed by atoms with Crippen molar-refractivity contribution >= 4 is 5.91 Å². The molecule has 5 atom stereocenters. The molecule has 0 aromatic heterocycles. The van der Waals surface area contributed by atoms with E-state index >= 15 is 0 Å². The molecule has 0 radical (unpaired) electrons. The van der Waals surface area contributed by atoms with E-state index in [1.54, 1.807) is 0 Å². The van der Waals surface area contributed by atoms with E-state index in [1.807, 2.05) is 0 Å². The van der Waals surface area contributed by atoms with Gasteiger partial charge in [0.1, 0.15) is 0 Å². The largest absolute Gasteiger partial charge is 0.352 e. The Balaban J connectivity index is 1.52. The van der Waals surface area contributed by atoms with E-state index in [-0.39, 0.29) is 11.9 Å². The van der Waals surface area contributed by atoms with Crippen molar-refractivity contribution < 1.29 is 4.79 Å². The Hall–Kier alpha value is -0.570. The van der Waals surface area contributed by atoms with Crippen LogP contribution in [-0.2, 0) is 4.79 Å². The highest BCUT2D eigenvalue weighted by Gasteiger charge is 2.41. The van der Waals surface area contributed by atoms with Crippen molar-refractivity contribution in [2.45, 2.75) is 64.0 Å². The molecule has 2 aliphatic carbocycles. The summed E-state index contributed by atoms with van der Waals surface area (Å²) in [6.07, 6.45) is 8.81. The first-order valence-electron chi connectivity index (χ1n) is 7.80. The highest BCUT2D eigenvalue weighted by atomic mass is 16.2. The maximum absolute atomic E-state index is 12.3. The molecule has 3 aliphatic rings. The van der Waals surface area contributed by atoms with Crippen LogP contribution in [0.5, 0.6) is 0 Å². The second kappa shape index (κ2) is 5.20. The Labute approximate surface area is 110 Å². The Morgan fingerprint density at radius 1 is 1.22 bits per heavy atom. The van der Waals surface area contributed by atoms with Gasteiger partial charge >= 0.3 is 0 Å². The molecular weight excluding hydrogens is 224 g/mol. The third-order valence-electron chi connectivity index (χ3n) is 5.47. The van der Waals surface area contributed by atoms with Crippen LogP contribution in [0.25, 0.3) is 0 Å². The molecule has 1 amide bonds. The van der Waals surface area contributed by atoms with Gasteiger partial charge in [-0.05, 0) is 56.4 Å². The maximum atomic E-state index is 12.3. The van der Waals surface area contributed by atoms with Crippen molar-refractivity contribution in [2.75, 3.05) is 6.54 Å². The molecule has 0 aromatic carbocycles. The van der Waals surface area contributed by atoms with Crippen LogP contribution in [0, 0.1) is 17.8 Å². The van der Waals surface area contributed by atoms with Crippen LogP contribution in [0.15, 0.2) is 0 Å². The van der Waals surface area contributed by atoms with Gasteiger partial charge in [-0.3, -0.25) is 4.79 Å². The number of hydrogen-bond donors (Lipinski definition) is 2. The molecule has 5 unspecified atom stereocenters. The Morgan fingerprint density at radius 2 is 2.11 bits per heavy atom. The molecular formula is C15H26N2O. The fourth-order valence-electron chi connectivity index (χ4n) is 4.27. The van der Waals surface area contributed by atoms with Gasteiger partial charge in [0, 0.05) is 6.04 Å². The second-order valence-electron chi connectivity index (χ2n) is 6.60. The Kier molecular flexibility index (Phi) is 3.60. The SMILES string of the molecule is CCC1CCNC(C(=O)NC2CC3CCC2C3)C1. The lowest BCUT2D eigenvalue weighted by Crippen LogP contribution is -2.52. The van der Waals surface area contributed by atoms with Crippen molar-refractivity contribution in [3.05, 3.63) is 0 Å². The van der Waals surface area contributed by atoms with Crippen LogP contribution in [-0.4, -0.2) is 24.5 Å². The number of amides is 1. The average molecular weight is 250 g/mol. The number of fused-ring (bicyclic) bond motifs is 2. The van der Waals surface area contributed by atoms with Gasteiger partial charge in [-0.25, -0.2) is 0 Å². The molecule has 2 bridgehead atoms. The van der Waals surface area contributed by atoms with Crippen LogP contribution < -0.4 is 10.6 Å². The molecule has 3 nitrogen and oxygen atoms in total. The lowest BCUT2D eigenvalue weighted by molar-refractivity contribution is -0.125. The summed E-state index contributed by atoms with van der Waals surface area (Å²) in [4.78, 5) is 12.3. The molecule has 2 saturated carbocycles. The number of hydrogen-bond acceptors (Lipinski definition) is 2. The first kappa shape index (κ1) is 12.5. The van der Waals surface area contributed by atoms with Crippen molar-refractivity contribution in [2.24, 2.45) is 17.8 Å². The maximum Gasteiger partial charge on any atom is 0.237 e. The quantitative estimate of drug-likeness (QED) is 0.805. The zero-order valence-electron chi connectivity index (χ0n) is 11.5. The number of rotatable bonds is 3. The fourth-order valence-corrected chi connectivity index (χ4v) is 4.27. The molecule has 102 valence electrons. The minimum absolute atomic E-state index is 0.0721. The van der Waals surface area contributed by atoms with E-state index < -0.39 is 0 Å². The summed E-state index contributed by atoms with van der Waals surface area (Å²) < 4.78 is 0. The molecule has 1 heterocycles.